The minimum absolute atomic E-state index is 0.0485. The summed E-state index contributed by atoms with van der Waals surface area (Å²) in [6, 6.07) is 14.5. The molecule has 0 radical (unpaired) electrons. The third-order valence-electron chi connectivity index (χ3n) is 4.16. The molecule has 3 aromatic rings. The molecule has 0 aliphatic heterocycles. The molecule has 1 heterocycles. The number of rotatable bonds is 6. The van der Waals surface area contributed by atoms with Gasteiger partial charge in [0.25, 0.3) is 5.91 Å². The molecule has 0 atom stereocenters. The van der Waals surface area contributed by atoms with Crippen molar-refractivity contribution in [1.29, 1.82) is 0 Å². The normalized spacial score (nSPS) is 10.1. The summed E-state index contributed by atoms with van der Waals surface area (Å²) in [6.45, 7) is 6.98. The van der Waals surface area contributed by atoms with Crippen molar-refractivity contribution in [3.05, 3.63) is 94.1 Å². The quantitative estimate of drug-likeness (QED) is 0.464. The average Bonchev–Trinajstić information content (AvgIpc) is 2.75. The first-order chi connectivity index (χ1) is 14.0. The first-order valence-electron chi connectivity index (χ1n) is 8.60. The van der Waals surface area contributed by atoms with Gasteiger partial charge in [-0.15, -0.1) is 0 Å². The highest BCUT2D eigenvalue weighted by Gasteiger charge is 2.17. The molecule has 6 nitrogen and oxygen atoms in total. The van der Waals surface area contributed by atoms with Gasteiger partial charge in [0.05, 0.1) is 30.8 Å². The Bertz CT molecular complexity index is 1090. The summed E-state index contributed by atoms with van der Waals surface area (Å²) >= 11 is 5.84. The number of Topliss-reactive ketones (excluding diaryl/α,β-unsaturated/α-hetero) is 1. The van der Waals surface area contributed by atoms with E-state index >= 15 is 0 Å². The zero-order chi connectivity index (χ0) is 20.8. The molecule has 29 heavy (non-hydrogen) atoms. The molecule has 0 spiro atoms. The summed E-state index contributed by atoms with van der Waals surface area (Å²) in [5.74, 6) is -0.112. The van der Waals surface area contributed by atoms with Crippen LogP contribution in [-0.2, 0) is 6.42 Å². The summed E-state index contributed by atoms with van der Waals surface area (Å²) in [5, 5.41) is 3.24. The number of methoxy groups -OCH3 is 1. The Morgan fingerprint density at radius 1 is 1.14 bits per heavy atom. The lowest BCUT2D eigenvalue weighted by Crippen LogP contribution is -2.16. The topological polar surface area (TPSA) is 72.7 Å². The summed E-state index contributed by atoms with van der Waals surface area (Å²) < 4.78 is 5.21. The Hall–Kier alpha value is -3.69. The van der Waals surface area contributed by atoms with E-state index in [1.165, 1.54) is 13.3 Å². The van der Waals surface area contributed by atoms with E-state index in [0.29, 0.717) is 39.0 Å². The second-order valence-corrected chi connectivity index (χ2v) is 6.53. The maximum Gasteiger partial charge on any atom is 0.255 e. The lowest BCUT2D eigenvalue weighted by atomic mass is 10.0. The standard InChI is InChI=1S/C22H16ClN3O3/c1-24-16-6-3-14(4-7-16)22(28)26-20-10-9-18(29-2)12-19(20)21(27)11-17-8-5-15(23)13-25-17/h3-10,12-13H,11H2,2H3,(H,26,28). The van der Waals surface area contributed by atoms with E-state index in [0.717, 1.165) is 0 Å². The van der Waals surface area contributed by atoms with E-state index in [2.05, 4.69) is 15.1 Å². The second-order valence-electron chi connectivity index (χ2n) is 6.09. The number of carbonyl (C=O) groups excluding carboxylic acids is 2. The van der Waals surface area contributed by atoms with E-state index in [-0.39, 0.29) is 18.1 Å². The van der Waals surface area contributed by atoms with Gasteiger partial charge in [-0.25, -0.2) is 4.85 Å². The highest BCUT2D eigenvalue weighted by molar-refractivity contribution is 6.30. The van der Waals surface area contributed by atoms with Crippen LogP contribution in [0, 0.1) is 6.57 Å². The van der Waals surface area contributed by atoms with Crippen LogP contribution in [0.3, 0.4) is 0 Å². The van der Waals surface area contributed by atoms with Crippen molar-refractivity contribution in [1.82, 2.24) is 4.98 Å². The van der Waals surface area contributed by atoms with Gasteiger partial charge in [-0.2, -0.15) is 0 Å². The fraction of sp³-hybridized carbons (Fsp3) is 0.0909. The zero-order valence-electron chi connectivity index (χ0n) is 15.5. The molecule has 144 valence electrons. The van der Waals surface area contributed by atoms with Crippen molar-refractivity contribution in [2.45, 2.75) is 6.42 Å². The predicted molar refractivity (Wildman–Crippen MR) is 111 cm³/mol. The van der Waals surface area contributed by atoms with Crippen molar-refractivity contribution < 1.29 is 14.3 Å². The lowest BCUT2D eigenvalue weighted by molar-refractivity contribution is 0.0992. The van der Waals surface area contributed by atoms with Gasteiger partial charge < -0.3 is 10.1 Å². The van der Waals surface area contributed by atoms with E-state index in [1.807, 2.05) is 0 Å². The number of ether oxygens (including phenoxy) is 1. The number of ketones is 1. The molecule has 7 heteroatoms. The number of hydrogen-bond acceptors (Lipinski definition) is 4. The molecule has 0 aliphatic carbocycles. The largest absolute Gasteiger partial charge is 0.497 e. The van der Waals surface area contributed by atoms with Crippen molar-refractivity contribution >= 4 is 34.7 Å². The molecule has 1 N–H and O–H groups in total. The summed E-state index contributed by atoms with van der Waals surface area (Å²) in [5.41, 5.74) is 2.06. The van der Waals surface area contributed by atoms with Gasteiger partial charge >= 0.3 is 0 Å². The minimum Gasteiger partial charge on any atom is -0.497 e. The number of nitrogens with one attached hydrogen (secondary N) is 1. The van der Waals surface area contributed by atoms with Crippen LogP contribution in [0.5, 0.6) is 5.75 Å². The van der Waals surface area contributed by atoms with Crippen molar-refractivity contribution in [2.75, 3.05) is 12.4 Å². The number of carbonyl (C=O) groups is 2. The van der Waals surface area contributed by atoms with Gasteiger partial charge in [-0.05, 0) is 30.3 Å². The number of halogens is 1. The van der Waals surface area contributed by atoms with Gasteiger partial charge in [0.1, 0.15) is 5.75 Å². The van der Waals surface area contributed by atoms with Crippen LogP contribution in [0.1, 0.15) is 26.4 Å². The summed E-state index contributed by atoms with van der Waals surface area (Å²) in [4.78, 5) is 32.9. The first kappa shape index (κ1) is 20.1. The number of hydrogen-bond donors (Lipinski definition) is 1. The molecule has 1 aromatic heterocycles. The van der Waals surface area contributed by atoms with Crippen molar-refractivity contribution in [3.63, 3.8) is 0 Å². The van der Waals surface area contributed by atoms with Crippen LogP contribution < -0.4 is 10.1 Å². The van der Waals surface area contributed by atoms with E-state index in [1.54, 1.807) is 54.6 Å². The molecule has 0 saturated heterocycles. The monoisotopic (exact) mass is 405 g/mol. The third kappa shape index (κ3) is 4.98. The SMILES string of the molecule is [C-]#[N+]c1ccc(C(=O)Nc2ccc(OC)cc2C(=O)Cc2ccc(Cl)cn2)cc1. The Morgan fingerprint density at radius 2 is 1.90 bits per heavy atom. The van der Waals surface area contributed by atoms with Crippen LogP contribution in [-0.4, -0.2) is 23.8 Å². The number of nitrogens with zero attached hydrogens (tertiary/aromatic N) is 2. The molecule has 0 saturated carbocycles. The maximum atomic E-state index is 12.9. The second kappa shape index (κ2) is 9.00. The summed E-state index contributed by atoms with van der Waals surface area (Å²) in [6.07, 6.45) is 1.53. The predicted octanol–water partition coefficient (Wildman–Crippen LogP) is 4.97. The Balaban J connectivity index is 1.86. The molecular formula is C22H16ClN3O3. The Labute approximate surface area is 172 Å². The number of amides is 1. The molecule has 0 unspecified atom stereocenters. The van der Waals surface area contributed by atoms with Gasteiger partial charge in [-0.3, -0.25) is 14.6 Å². The summed E-state index contributed by atoms with van der Waals surface area (Å²) in [7, 11) is 1.50. The third-order valence-corrected chi connectivity index (χ3v) is 4.39. The fourth-order valence-electron chi connectivity index (χ4n) is 2.64. The molecule has 0 fully saturated rings. The van der Waals surface area contributed by atoms with E-state index in [9.17, 15) is 9.59 Å². The van der Waals surface area contributed by atoms with Gasteiger partial charge in [0.15, 0.2) is 11.5 Å². The zero-order valence-corrected chi connectivity index (χ0v) is 16.2. The highest BCUT2D eigenvalue weighted by atomic mass is 35.5. The lowest BCUT2D eigenvalue weighted by Gasteiger charge is -2.12. The van der Waals surface area contributed by atoms with Crippen LogP contribution in [0.4, 0.5) is 11.4 Å². The van der Waals surface area contributed by atoms with Gasteiger partial charge in [0.2, 0.25) is 0 Å². The molecular weight excluding hydrogens is 390 g/mol. The molecule has 3 rings (SSSR count). The van der Waals surface area contributed by atoms with Crippen LogP contribution in [0.15, 0.2) is 60.8 Å². The molecule has 2 aromatic carbocycles. The fourth-order valence-corrected chi connectivity index (χ4v) is 2.75. The van der Waals surface area contributed by atoms with Crippen LogP contribution >= 0.6 is 11.6 Å². The average molecular weight is 406 g/mol. The number of pyridine rings is 1. The smallest absolute Gasteiger partial charge is 0.255 e. The van der Waals surface area contributed by atoms with Crippen LogP contribution in [0.25, 0.3) is 4.85 Å². The molecule has 0 aliphatic rings. The van der Waals surface area contributed by atoms with Crippen molar-refractivity contribution in [3.8, 4) is 5.75 Å². The number of aromatic nitrogens is 1. The van der Waals surface area contributed by atoms with Crippen molar-refractivity contribution in [2.24, 2.45) is 0 Å². The minimum atomic E-state index is -0.384. The van der Waals surface area contributed by atoms with Gasteiger partial charge in [0, 0.05) is 23.0 Å². The van der Waals surface area contributed by atoms with E-state index < -0.39 is 0 Å². The Kier molecular flexibility index (Phi) is 6.22. The first-order valence-corrected chi connectivity index (χ1v) is 8.98. The van der Waals surface area contributed by atoms with Crippen LogP contribution in [0.2, 0.25) is 5.02 Å². The number of benzene rings is 2. The highest BCUT2D eigenvalue weighted by Crippen LogP contribution is 2.25. The maximum absolute atomic E-state index is 12.9. The number of anilines is 1. The Morgan fingerprint density at radius 3 is 2.52 bits per heavy atom. The van der Waals surface area contributed by atoms with E-state index in [4.69, 9.17) is 22.9 Å². The van der Waals surface area contributed by atoms with Gasteiger partial charge in [-0.1, -0.05) is 35.9 Å². The molecule has 0 bridgehead atoms. The molecule has 1 amide bonds.